The summed E-state index contributed by atoms with van der Waals surface area (Å²) in [6.45, 7) is 3.45. The predicted molar refractivity (Wildman–Crippen MR) is 86.7 cm³/mol. The summed E-state index contributed by atoms with van der Waals surface area (Å²) in [4.78, 5) is 25.3. The monoisotopic (exact) mass is 383 g/mol. The Balaban J connectivity index is 2.27. The van der Waals surface area contributed by atoms with Crippen LogP contribution in [0.4, 0.5) is 4.79 Å². The van der Waals surface area contributed by atoms with Crippen LogP contribution < -0.4 is 0 Å². The molecule has 23 heavy (non-hydrogen) atoms. The number of β-amino-alcohol motifs (C(OH)–C–C–N with tert-alkyl or cyclic N) is 1. The standard InChI is InChI=1S/C16H18BrNO5/c1-3-8-23-15(20)18-10-16(21,9-13(18)14(19)22-2)11-4-6-12(17)7-5-11/h3-7,13,21H,1,8-10H2,2H3/t13-,16-/m0/s1. The van der Waals surface area contributed by atoms with Gasteiger partial charge in [-0.2, -0.15) is 0 Å². The number of halogens is 1. The Kier molecular flexibility index (Phi) is 5.43. The summed E-state index contributed by atoms with van der Waals surface area (Å²) >= 11 is 3.33. The molecule has 0 radical (unpaired) electrons. The van der Waals surface area contributed by atoms with Gasteiger partial charge in [-0.15, -0.1) is 0 Å². The number of hydrogen-bond donors (Lipinski definition) is 1. The lowest BCUT2D eigenvalue weighted by atomic mass is 9.91. The Hall–Kier alpha value is -1.86. The molecule has 0 spiro atoms. The van der Waals surface area contributed by atoms with Crippen LogP contribution in [0.5, 0.6) is 0 Å². The summed E-state index contributed by atoms with van der Waals surface area (Å²) in [5.74, 6) is -0.589. The third kappa shape index (κ3) is 3.73. The van der Waals surface area contributed by atoms with Crippen molar-refractivity contribution in [2.75, 3.05) is 20.3 Å². The third-order valence-electron chi connectivity index (χ3n) is 3.75. The molecule has 1 aromatic rings. The van der Waals surface area contributed by atoms with Gasteiger partial charge in [0.1, 0.15) is 18.2 Å². The van der Waals surface area contributed by atoms with Crippen molar-refractivity contribution in [3.05, 3.63) is 47.0 Å². The molecule has 124 valence electrons. The first-order chi connectivity index (χ1) is 10.9. The molecule has 1 aliphatic heterocycles. The van der Waals surface area contributed by atoms with E-state index >= 15 is 0 Å². The number of rotatable bonds is 4. The van der Waals surface area contributed by atoms with Gasteiger partial charge in [0.15, 0.2) is 0 Å². The number of methoxy groups -OCH3 is 1. The number of amides is 1. The van der Waals surface area contributed by atoms with Crippen molar-refractivity contribution in [3.63, 3.8) is 0 Å². The van der Waals surface area contributed by atoms with E-state index in [1.165, 1.54) is 18.1 Å². The van der Waals surface area contributed by atoms with E-state index in [1.54, 1.807) is 24.3 Å². The SMILES string of the molecule is C=CCOC(=O)N1C[C@](O)(c2ccc(Br)cc2)C[C@H]1C(=O)OC. The number of aliphatic hydroxyl groups is 1. The van der Waals surface area contributed by atoms with Crippen LogP contribution in [0.2, 0.25) is 0 Å². The molecule has 7 heteroatoms. The van der Waals surface area contributed by atoms with Crippen molar-refractivity contribution in [2.45, 2.75) is 18.1 Å². The number of ether oxygens (including phenoxy) is 2. The maximum atomic E-state index is 12.1. The second-order valence-corrected chi connectivity index (χ2v) is 6.19. The highest BCUT2D eigenvalue weighted by atomic mass is 79.9. The van der Waals surface area contributed by atoms with E-state index in [0.717, 1.165) is 4.47 Å². The molecule has 1 saturated heterocycles. The topological polar surface area (TPSA) is 76.1 Å². The Labute approximate surface area is 142 Å². The smallest absolute Gasteiger partial charge is 0.410 e. The first-order valence-corrected chi connectivity index (χ1v) is 7.81. The van der Waals surface area contributed by atoms with Crippen molar-refractivity contribution in [2.24, 2.45) is 0 Å². The number of carbonyl (C=O) groups excluding carboxylic acids is 2. The van der Waals surface area contributed by atoms with Crippen molar-refractivity contribution < 1.29 is 24.2 Å². The van der Waals surface area contributed by atoms with Crippen molar-refractivity contribution in [3.8, 4) is 0 Å². The average molecular weight is 384 g/mol. The van der Waals surface area contributed by atoms with Gasteiger partial charge in [-0.25, -0.2) is 9.59 Å². The van der Waals surface area contributed by atoms with Crippen molar-refractivity contribution >= 4 is 28.0 Å². The van der Waals surface area contributed by atoms with Crippen LogP contribution >= 0.6 is 15.9 Å². The molecule has 0 unspecified atom stereocenters. The van der Waals surface area contributed by atoms with Crippen LogP contribution in [0.1, 0.15) is 12.0 Å². The normalized spacial score (nSPS) is 23.4. The number of likely N-dealkylation sites (tertiary alicyclic amines) is 1. The molecule has 0 aliphatic carbocycles. The molecule has 1 heterocycles. The third-order valence-corrected chi connectivity index (χ3v) is 4.28. The summed E-state index contributed by atoms with van der Waals surface area (Å²) in [5.41, 5.74) is -0.721. The minimum Gasteiger partial charge on any atom is -0.467 e. The fourth-order valence-corrected chi connectivity index (χ4v) is 2.87. The maximum absolute atomic E-state index is 12.1. The Morgan fingerprint density at radius 1 is 1.48 bits per heavy atom. The van der Waals surface area contributed by atoms with Gasteiger partial charge < -0.3 is 14.6 Å². The Morgan fingerprint density at radius 2 is 2.13 bits per heavy atom. The predicted octanol–water partition coefficient (Wildman–Crippen LogP) is 2.21. The quantitative estimate of drug-likeness (QED) is 0.637. The summed E-state index contributed by atoms with van der Waals surface area (Å²) in [5, 5.41) is 10.9. The summed E-state index contributed by atoms with van der Waals surface area (Å²) in [7, 11) is 1.24. The van der Waals surface area contributed by atoms with Crippen LogP contribution in [0, 0.1) is 0 Å². The van der Waals surface area contributed by atoms with Crippen LogP contribution in [-0.4, -0.2) is 48.4 Å². The second-order valence-electron chi connectivity index (χ2n) is 5.28. The average Bonchev–Trinajstić information content (AvgIpc) is 2.91. The zero-order chi connectivity index (χ0) is 17.0. The van der Waals surface area contributed by atoms with Crippen molar-refractivity contribution in [1.82, 2.24) is 4.90 Å². The Bertz CT molecular complexity index is 603. The number of esters is 1. The first kappa shape index (κ1) is 17.5. The molecular weight excluding hydrogens is 366 g/mol. The number of benzene rings is 1. The molecule has 2 atom stereocenters. The fourth-order valence-electron chi connectivity index (χ4n) is 2.61. The van der Waals surface area contributed by atoms with E-state index in [0.29, 0.717) is 5.56 Å². The van der Waals surface area contributed by atoms with Gasteiger partial charge in [-0.05, 0) is 17.7 Å². The highest BCUT2D eigenvalue weighted by molar-refractivity contribution is 9.10. The number of hydrogen-bond acceptors (Lipinski definition) is 5. The van der Waals surface area contributed by atoms with Gasteiger partial charge >= 0.3 is 12.1 Å². The minimum absolute atomic E-state index is 0.0277. The van der Waals surface area contributed by atoms with Crippen LogP contribution in [-0.2, 0) is 19.9 Å². The summed E-state index contributed by atoms with van der Waals surface area (Å²) < 4.78 is 10.6. The Morgan fingerprint density at radius 3 is 2.70 bits per heavy atom. The molecule has 1 aliphatic rings. The van der Waals surface area contributed by atoms with Gasteiger partial charge in [0.05, 0.1) is 13.7 Å². The van der Waals surface area contributed by atoms with Crippen molar-refractivity contribution in [1.29, 1.82) is 0 Å². The van der Waals surface area contributed by atoms with Crippen LogP contribution in [0.15, 0.2) is 41.4 Å². The number of carbonyl (C=O) groups is 2. The van der Waals surface area contributed by atoms with Gasteiger partial charge in [-0.3, -0.25) is 4.90 Å². The van der Waals surface area contributed by atoms with E-state index in [-0.39, 0.29) is 19.6 Å². The van der Waals surface area contributed by atoms with Gasteiger partial charge in [-0.1, -0.05) is 40.7 Å². The number of nitrogens with zero attached hydrogens (tertiary/aromatic N) is 1. The lowest BCUT2D eigenvalue weighted by molar-refractivity contribution is -0.145. The molecule has 6 nitrogen and oxygen atoms in total. The molecular formula is C16H18BrNO5. The highest BCUT2D eigenvalue weighted by Crippen LogP contribution is 2.37. The van der Waals surface area contributed by atoms with E-state index in [1.807, 2.05) is 0 Å². The van der Waals surface area contributed by atoms with E-state index < -0.39 is 23.7 Å². The zero-order valence-corrected chi connectivity index (χ0v) is 14.3. The molecule has 1 fully saturated rings. The molecule has 2 rings (SSSR count). The van der Waals surface area contributed by atoms with Crippen LogP contribution in [0.3, 0.4) is 0 Å². The molecule has 0 bridgehead atoms. The first-order valence-electron chi connectivity index (χ1n) is 7.02. The second kappa shape index (κ2) is 7.14. The lowest BCUT2D eigenvalue weighted by Gasteiger charge is -2.23. The summed E-state index contributed by atoms with van der Waals surface area (Å²) in [6.07, 6.45) is 0.792. The highest BCUT2D eigenvalue weighted by Gasteiger charge is 2.50. The molecule has 1 amide bonds. The maximum Gasteiger partial charge on any atom is 0.410 e. The minimum atomic E-state index is -1.34. The molecule has 0 aromatic heterocycles. The largest absolute Gasteiger partial charge is 0.467 e. The van der Waals surface area contributed by atoms with Gasteiger partial charge in [0.2, 0.25) is 0 Å². The summed E-state index contributed by atoms with van der Waals surface area (Å²) in [6, 6.07) is 6.18. The molecule has 0 saturated carbocycles. The zero-order valence-electron chi connectivity index (χ0n) is 12.7. The van der Waals surface area contributed by atoms with Gasteiger partial charge in [0.25, 0.3) is 0 Å². The fraction of sp³-hybridized carbons (Fsp3) is 0.375. The molecule has 1 aromatic carbocycles. The van der Waals surface area contributed by atoms with Crippen LogP contribution in [0.25, 0.3) is 0 Å². The lowest BCUT2D eigenvalue weighted by Crippen LogP contribution is -2.41. The van der Waals surface area contributed by atoms with E-state index in [4.69, 9.17) is 9.47 Å². The van der Waals surface area contributed by atoms with Gasteiger partial charge in [0, 0.05) is 10.9 Å². The van der Waals surface area contributed by atoms with E-state index in [9.17, 15) is 14.7 Å². The van der Waals surface area contributed by atoms with E-state index in [2.05, 4.69) is 22.5 Å². The molecule has 1 N–H and O–H groups in total.